The van der Waals surface area contributed by atoms with E-state index >= 15 is 0 Å². The number of benzene rings is 9. The van der Waals surface area contributed by atoms with Crippen molar-refractivity contribution in [3.63, 3.8) is 0 Å². The Morgan fingerprint density at radius 1 is 0.359 bits per heavy atom. The van der Waals surface area contributed by atoms with Crippen molar-refractivity contribution in [2.45, 2.75) is 6.92 Å². The minimum atomic E-state index is 0.538. The number of hydrogen-bond acceptors (Lipinski definition) is 5. The van der Waals surface area contributed by atoms with Crippen molar-refractivity contribution in [3.8, 4) is 95.9 Å². The van der Waals surface area contributed by atoms with Crippen LogP contribution in [0.5, 0.6) is 0 Å². The van der Waals surface area contributed by atoms with E-state index in [1.54, 1.807) is 0 Å². The molecule has 0 radical (unpaired) electrons. The zero-order valence-electron chi connectivity index (χ0n) is 34.9. The number of rotatable bonds is 8. The first-order valence-corrected chi connectivity index (χ1v) is 21.3. The van der Waals surface area contributed by atoms with Gasteiger partial charge in [0.15, 0.2) is 17.5 Å². The van der Waals surface area contributed by atoms with E-state index in [2.05, 4.69) is 171 Å². The summed E-state index contributed by atoms with van der Waals surface area (Å²) in [5.74, 6) is 1.65. The Labute approximate surface area is 371 Å². The van der Waals surface area contributed by atoms with Crippen molar-refractivity contribution in [2.75, 3.05) is 0 Å². The molecule has 0 aliphatic carbocycles. The highest BCUT2D eigenvalue weighted by molar-refractivity contribution is 6.13. The molecule has 0 atom stereocenters. The topological polar surface area (TPSA) is 75.6 Å². The van der Waals surface area contributed by atoms with Gasteiger partial charge in [-0.3, -0.25) is 0 Å². The fraction of sp³-hybridized carbons (Fsp3) is 0.0169. The Morgan fingerprint density at radius 3 is 1.34 bits per heavy atom. The summed E-state index contributed by atoms with van der Waals surface area (Å²) in [6.45, 7) is 2.11. The van der Waals surface area contributed by atoms with E-state index in [0.717, 1.165) is 72.0 Å². The minimum Gasteiger partial charge on any atom is -0.456 e. The summed E-state index contributed by atoms with van der Waals surface area (Å²) in [5.41, 5.74) is 17.1. The second-order valence-corrected chi connectivity index (χ2v) is 16.0. The number of nitrogens with zero attached hydrogens (tertiary/aromatic N) is 4. The van der Waals surface area contributed by atoms with Crippen molar-refractivity contribution in [1.29, 1.82) is 5.26 Å². The van der Waals surface area contributed by atoms with Crippen LogP contribution in [0.4, 0.5) is 0 Å². The maximum absolute atomic E-state index is 9.39. The molecule has 0 saturated carbocycles. The fourth-order valence-corrected chi connectivity index (χ4v) is 8.46. The molecule has 11 aromatic rings. The molecular weight excluding hydrogens is 781 g/mol. The molecule has 9 aromatic carbocycles. The Morgan fingerprint density at radius 2 is 0.781 bits per heavy atom. The molecule has 2 aromatic heterocycles. The first-order valence-electron chi connectivity index (χ1n) is 21.3. The number of hydrogen-bond donors (Lipinski definition) is 0. The molecule has 0 amide bonds. The van der Waals surface area contributed by atoms with Gasteiger partial charge in [-0.05, 0) is 105 Å². The van der Waals surface area contributed by atoms with Crippen LogP contribution in [0.1, 0.15) is 11.1 Å². The number of nitriles is 1. The van der Waals surface area contributed by atoms with Gasteiger partial charge >= 0.3 is 0 Å². The van der Waals surface area contributed by atoms with Crippen molar-refractivity contribution >= 4 is 21.9 Å². The van der Waals surface area contributed by atoms with Gasteiger partial charge in [-0.15, -0.1) is 0 Å². The predicted octanol–water partition coefficient (Wildman–Crippen LogP) is 15.3. The van der Waals surface area contributed by atoms with E-state index in [0.29, 0.717) is 23.0 Å². The summed E-state index contributed by atoms with van der Waals surface area (Å²) in [7, 11) is 0. The van der Waals surface area contributed by atoms with Gasteiger partial charge in [0.25, 0.3) is 0 Å². The van der Waals surface area contributed by atoms with Crippen LogP contribution < -0.4 is 0 Å². The van der Waals surface area contributed by atoms with Gasteiger partial charge in [-0.2, -0.15) is 5.26 Å². The lowest BCUT2D eigenvalue weighted by atomic mass is 9.96. The normalized spacial score (nSPS) is 11.2. The molecule has 0 spiro atoms. The average molecular weight is 819 g/mol. The summed E-state index contributed by atoms with van der Waals surface area (Å²) in [6, 6.07) is 75.3. The van der Waals surface area contributed by atoms with Gasteiger partial charge in [0.05, 0.1) is 11.6 Å². The predicted molar refractivity (Wildman–Crippen MR) is 260 cm³/mol. The van der Waals surface area contributed by atoms with E-state index in [1.165, 1.54) is 27.8 Å². The van der Waals surface area contributed by atoms with E-state index in [1.807, 2.05) is 54.6 Å². The highest BCUT2D eigenvalue weighted by Gasteiger charge is 2.18. The van der Waals surface area contributed by atoms with Gasteiger partial charge in [0.2, 0.25) is 0 Å². The molecule has 0 aliphatic heterocycles. The highest BCUT2D eigenvalue weighted by Crippen LogP contribution is 2.39. The molecule has 0 N–H and O–H groups in total. The zero-order chi connectivity index (χ0) is 43.0. The van der Waals surface area contributed by atoms with E-state index in [9.17, 15) is 5.26 Å². The maximum Gasteiger partial charge on any atom is 0.164 e. The lowest BCUT2D eigenvalue weighted by Gasteiger charge is -2.11. The quantitative estimate of drug-likeness (QED) is 0.153. The standard InChI is InChI=1S/C59H38N4O/c1-38-16-20-41(21-17-38)43-24-26-45(27-25-43)48-11-6-13-50(35-48)58-61-57(49-12-5-10-47(34-49)44-22-18-39(37-60)19-23-44)62-59(63-58)51-32-33-53-55(36-51)64-54-15-7-14-52(56(53)54)46-30-28-42(29-31-46)40-8-3-2-4-9-40/h2-36H,1H3. The summed E-state index contributed by atoms with van der Waals surface area (Å²) in [4.78, 5) is 15.4. The Balaban J connectivity index is 0.999. The maximum atomic E-state index is 9.39. The van der Waals surface area contributed by atoms with Crippen LogP contribution in [0.15, 0.2) is 217 Å². The van der Waals surface area contributed by atoms with Crippen LogP contribution in [0.3, 0.4) is 0 Å². The second-order valence-electron chi connectivity index (χ2n) is 16.0. The molecule has 11 rings (SSSR count). The number of furan rings is 1. The molecule has 0 aliphatic rings. The summed E-state index contributed by atoms with van der Waals surface area (Å²) >= 11 is 0. The Hall–Kier alpha value is -8.72. The van der Waals surface area contributed by atoms with Gasteiger partial charge in [-0.1, -0.05) is 175 Å². The van der Waals surface area contributed by atoms with Crippen LogP contribution in [-0.2, 0) is 0 Å². The summed E-state index contributed by atoms with van der Waals surface area (Å²) in [6.07, 6.45) is 0. The lowest BCUT2D eigenvalue weighted by molar-refractivity contribution is 0.669. The third-order valence-electron chi connectivity index (χ3n) is 11.9. The van der Waals surface area contributed by atoms with Crippen molar-refractivity contribution in [2.24, 2.45) is 0 Å². The van der Waals surface area contributed by atoms with Gasteiger partial charge in [0.1, 0.15) is 11.2 Å². The van der Waals surface area contributed by atoms with Crippen LogP contribution in [0.25, 0.3) is 112 Å². The van der Waals surface area contributed by atoms with Gasteiger partial charge in [0, 0.05) is 27.5 Å². The molecule has 5 nitrogen and oxygen atoms in total. The molecule has 300 valence electrons. The van der Waals surface area contributed by atoms with Crippen LogP contribution >= 0.6 is 0 Å². The van der Waals surface area contributed by atoms with Crippen molar-refractivity contribution in [1.82, 2.24) is 15.0 Å². The minimum absolute atomic E-state index is 0.538. The zero-order valence-corrected chi connectivity index (χ0v) is 34.9. The summed E-state index contributed by atoms with van der Waals surface area (Å²) in [5, 5.41) is 11.5. The van der Waals surface area contributed by atoms with E-state index in [-0.39, 0.29) is 0 Å². The SMILES string of the molecule is Cc1ccc(-c2ccc(-c3cccc(-c4nc(-c5cccc(-c6ccc(C#N)cc6)c5)nc(-c5ccc6c(c5)oc5cccc(-c7ccc(-c8ccccc8)cc7)c56)n4)c3)cc2)cc1. The van der Waals surface area contributed by atoms with Crippen molar-refractivity contribution in [3.05, 3.63) is 223 Å². The molecule has 64 heavy (non-hydrogen) atoms. The molecule has 0 unspecified atom stereocenters. The molecule has 0 saturated heterocycles. The third-order valence-corrected chi connectivity index (χ3v) is 11.9. The fourth-order valence-electron chi connectivity index (χ4n) is 8.46. The summed E-state index contributed by atoms with van der Waals surface area (Å²) < 4.78 is 6.60. The average Bonchev–Trinajstić information content (AvgIpc) is 3.75. The Bertz CT molecular complexity index is 3530. The Kier molecular flexibility index (Phi) is 9.72. The van der Waals surface area contributed by atoms with Gasteiger partial charge < -0.3 is 4.42 Å². The van der Waals surface area contributed by atoms with E-state index < -0.39 is 0 Å². The number of aryl methyl sites for hydroxylation is 1. The monoisotopic (exact) mass is 818 g/mol. The van der Waals surface area contributed by atoms with Crippen molar-refractivity contribution < 1.29 is 4.42 Å². The first-order chi connectivity index (χ1) is 31.5. The number of fused-ring (bicyclic) bond motifs is 3. The largest absolute Gasteiger partial charge is 0.456 e. The smallest absolute Gasteiger partial charge is 0.164 e. The first kappa shape index (κ1) is 38.2. The van der Waals surface area contributed by atoms with Gasteiger partial charge in [-0.25, -0.2) is 15.0 Å². The molecule has 2 heterocycles. The number of aromatic nitrogens is 3. The second kappa shape index (κ2) is 16.3. The third kappa shape index (κ3) is 7.40. The molecule has 0 fully saturated rings. The van der Waals surface area contributed by atoms with Crippen LogP contribution in [0.2, 0.25) is 0 Å². The van der Waals surface area contributed by atoms with Crippen LogP contribution in [-0.4, -0.2) is 15.0 Å². The van der Waals surface area contributed by atoms with E-state index in [4.69, 9.17) is 19.4 Å². The molecular formula is C59H38N4O. The molecule has 5 heteroatoms. The lowest BCUT2D eigenvalue weighted by Crippen LogP contribution is -2.00. The highest BCUT2D eigenvalue weighted by atomic mass is 16.3. The molecule has 0 bridgehead atoms. The van der Waals surface area contributed by atoms with Crippen LogP contribution in [0, 0.1) is 18.3 Å².